The minimum absolute atomic E-state index is 0.0105. The fourth-order valence-corrected chi connectivity index (χ4v) is 6.89. The van der Waals surface area contributed by atoms with Crippen LogP contribution in [0.25, 0.3) is 22.3 Å². The molecule has 2 N–H and O–H groups in total. The maximum absolute atomic E-state index is 15.6. The number of aromatic nitrogens is 4. The summed E-state index contributed by atoms with van der Waals surface area (Å²) in [6, 6.07) is 12.5. The average Bonchev–Trinajstić information content (AvgIpc) is 3.63. The van der Waals surface area contributed by atoms with Crippen molar-refractivity contribution in [1.82, 2.24) is 24.6 Å². The summed E-state index contributed by atoms with van der Waals surface area (Å²) in [4.78, 5) is 27.8. The number of halogens is 5. The van der Waals surface area contributed by atoms with Gasteiger partial charge in [-0.2, -0.15) is 13.9 Å². The number of amides is 1. The number of aliphatic imine (C=N–C) groups is 1. The van der Waals surface area contributed by atoms with Crippen molar-refractivity contribution in [2.45, 2.75) is 37.8 Å². The first-order chi connectivity index (χ1) is 22.7. The Hall–Kier alpha value is -5.05. The molecule has 1 saturated carbocycles. The number of fused-ring (bicyclic) bond motifs is 1. The Morgan fingerprint density at radius 1 is 0.872 bits per heavy atom. The Bertz CT molecular complexity index is 2030. The molecule has 9 nitrogen and oxygen atoms in total. The quantitative estimate of drug-likeness (QED) is 0.150. The third-order valence-electron chi connectivity index (χ3n) is 8.16. The molecule has 15 heteroatoms. The van der Waals surface area contributed by atoms with Gasteiger partial charge in [-0.1, -0.05) is 30.0 Å². The number of nitrogen functional groups attached to an aromatic ring is 1. The van der Waals surface area contributed by atoms with E-state index in [1.165, 1.54) is 30.2 Å². The Balaban J connectivity index is 1.16. The number of nitrogens with zero attached hydrogens (tertiary/aromatic N) is 6. The van der Waals surface area contributed by atoms with Gasteiger partial charge in [-0.05, 0) is 49.9 Å². The van der Waals surface area contributed by atoms with Crippen LogP contribution < -0.4 is 10.5 Å². The van der Waals surface area contributed by atoms with Crippen molar-refractivity contribution in [3.63, 3.8) is 0 Å². The van der Waals surface area contributed by atoms with Crippen molar-refractivity contribution in [2.24, 2.45) is 4.99 Å². The van der Waals surface area contributed by atoms with Crippen LogP contribution in [-0.4, -0.2) is 47.5 Å². The summed E-state index contributed by atoms with van der Waals surface area (Å²) in [7, 11) is 0. The molecule has 0 spiro atoms. The van der Waals surface area contributed by atoms with Crippen LogP contribution in [0.4, 0.5) is 33.5 Å². The van der Waals surface area contributed by atoms with Crippen LogP contribution in [0.3, 0.4) is 0 Å². The number of amidine groups is 1. The van der Waals surface area contributed by atoms with E-state index in [-0.39, 0.29) is 41.1 Å². The Morgan fingerprint density at radius 3 is 2.28 bits per heavy atom. The second kappa shape index (κ2) is 12.3. The topological polar surface area (TPSA) is 112 Å². The lowest BCUT2D eigenvalue weighted by atomic mass is 9.90. The van der Waals surface area contributed by atoms with Gasteiger partial charge in [0.25, 0.3) is 0 Å². The van der Waals surface area contributed by atoms with Gasteiger partial charge in [-0.25, -0.2) is 32.8 Å². The van der Waals surface area contributed by atoms with Gasteiger partial charge in [-0.15, -0.1) is 0 Å². The van der Waals surface area contributed by atoms with E-state index in [2.05, 4.69) is 9.97 Å². The van der Waals surface area contributed by atoms with Gasteiger partial charge in [0.2, 0.25) is 23.3 Å². The number of thioether (sulfide) groups is 1. The smallest absolute Gasteiger partial charge is 0.239 e. The average molecular weight is 666 g/mol. The highest BCUT2D eigenvalue weighted by atomic mass is 32.2. The molecule has 5 aromatic rings. The van der Waals surface area contributed by atoms with E-state index in [4.69, 9.17) is 20.6 Å². The highest BCUT2D eigenvalue weighted by Crippen LogP contribution is 2.40. The van der Waals surface area contributed by atoms with Crippen LogP contribution in [0.15, 0.2) is 65.9 Å². The SMILES string of the molecule is Nc1ncnc2c1c(-c1ccc(Oc3c(F)c(F)cc(F)c3F)cc1F)nn2C1CCC(N2C(=O)CSC2=Nc2ccccc2)CC1. The van der Waals surface area contributed by atoms with E-state index in [1.807, 2.05) is 30.3 Å². The minimum Gasteiger partial charge on any atom is -0.451 e. The van der Waals surface area contributed by atoms with Gasteiger partial charge in [0.05, 0.1) is 22.9 Å². The van der Waals surface area contributed by atoms with Gasteiger partial charge < -0.3 is 10.5 Å². The monoisotopic (exact) mass is 665 g/mol. The van der Waals surface area contributed by atoms with E-state index < -0.39 is 40.6 Å². The number of rotatable bonds is 6. The molecule has 1 aliphatic heterocycles. The normalized spacial score (nSPS) is 19.2. The fourth-order valence-electron chi connectivity index (χ4n) is 5.94. The zero-order valence-corrected chi connectivity index (χ0v) is 25.2. The molecule has 0 radical (unpaired) electrons. The molecule has 1 saturated heterocycles. The molecule has 0 atom stereocenters. The molecule has 1 aliphatic carbocycles. The van der Waals surface area contributed by atoms with E-state index in [9.17, 15) is 22.4 Å². The largest absolute Gasteiger partial charge is 0.451 e. The minimum atomic E-state index is -1.76. The lowest BCUT2D eigenvalue weighted by molar-refractivity contribution is -0.126. The summed E-state index contributed by atoms with van der Waals surface area (Å²) in [5.41, 5.74) is 7.46. The Labute approximate surface area is 268 Å². The number of hydrogen-bond acceptors (Lipinski definition) is 8. The van der Waals surface area contributed by atoms with Gasteiger partial charge >= 0.3 is 0 Å². The zero-order chi connectivity index (χ0) is 32.8. The molecule has 240 valence electrons. The molecule has 3 aromatic carbocycles. The second-order valence-corrected chi connectivity index (χ2v) is 12.0. The molecule has 7 rings (SSSR count). The van der Waals surface area contributed by atoms with Gasteiger partial charge in [-0.3, -0.25) is 9.69 Å². The molecule has 2 aromatic heterocycles. The summed E-state index contributed by atoms with van der Waals surface area (Å²) >= 11 is 1.42. The molecule has 3 heterocycles. The molecule has 0 bridgehead atoms. The van der Waals surface area contributed by atoms with Gasteiger partial charge in [0.15, 0.2) is 22.4 Å². The summed E-state index contributed by atoms with van der Waals surface area (Å²) in [5, 5.41) is 5.68. The van der Waals surface area contributed by atoms with Crippen molar-refractivity contribution >= 4 is 45.4 Å². The van der Waals surface area contributed by atoms with Crippen LogP contribution in [0.5, 0.6) is 11.5 Å². The van der Waals surface area contributed by atoms with Gasteiger partial charge in [0, 0.05) is 23.7 Å². The first-order valence-electron chi connectivity index (χ1n) is 14.6. The van der Waals surface area contributed by atoms with Crippen molar-refractivity contribution in [2.75, 3.05) is 11.5 Å². The highest BCUT2D eigenvalue weighted by molar-refractivity contribution is 8.15. The number of hydrogen-bond donors (Lipinski definition) is 1. The second-order valence-electron chi connectivity index (χ2n) is 11.0. The van der Waals surface area contributed by atoms with Crippen LogP contribution in [0.2, 0.25) is 0 Å². The predicted octanol–water partition coefficient (Wildman–Crippen LogP) is 7.31. The number of anilines is 1. The summed E-state index contributed by atoms with van der Waals surface area (Å²) in [5.74, 6) is -9.11. The summed E-state index contributed by atoms with van der Waals surface area (Å²) in [6.07, 6.45) is 3.88. The van der Waals surface area contributed by atoms with Crippen LogP contribution >= 0.6 is 11.8 Å². The molecule has 0 unspecified atom stereocenters. The first-order valence-corrected chi connectivity index (χ1v) is 15.6. The van der Waals surface area contributed by atoms with E-state index in [0.29, 0.717) is 47.6 Å². The van der Waals surface area contributed by atoms with Crippen LogP contribution in [-0.2, 0) is 4.79 Å². The number of para-hydroxylation sites is 1. The highest BCUT2D eigenvalue weighted by Gasteiger charge is 2.37. The van der Waals surface area contributed by atoms with Gasteiger partial charge in [0.1, 0.15) is 29.4 Å². The predicted molar refractivity (Wildman–Crippen MR) is 166 cm³/mol. The molecular formula is C32H24F5N7O2S. The lowest BCUT2D eigenvalue weighted by Gasteiger charge is -2.34. The number of nitrogens with two attached hydrogens (primary N) is 1. The molecule has 47 heavy (non-hydrogen) atoms. The van der Waals surface area contributed by atoms with E-state index in [0.717, 1.165) is 11.8 Å². The molecular weight excluding hydrogens is 641 g/mol. The standard InChI is InChI=1S/C32H24F5N7O2S/c33-21-12-19(46-29-26(36)22(34)13-23(35)27(29)37)10-11-20(21)28-25-30(38)39-15-40-31(25)44(42-28)18-8-6-17(7-9-18)43-24(45)14-47-32(43)41-16-4-2-1-3-5-16/h1-5,10-13,15,17-18H,6-9,14H2,(H2,38,39,40). The van der Waals surface area contributed by atoms with Crippen molar-refractivity contribution in [1.29, 1.82) is 0 Å². The number of carbonyl (C=O) groups excluding carboxylic acids is 1. The number of ether oxygens (including phenoxy) is 1. The first kappa shape index (κ1) is 30.6. The zero-order valence-electron chi connectivity index (χ0n) is 24.3. The number of carbonyl (C=O) groups is 1. The Morgan fingerprint density at radius 2 is 1.57 bits per heavy atom. The number of benzene rings is 3. The summed E-state index contributed by atoms with van der Waals surface area (Å²) < 4.78 is 77.8. The summed E-state index contributed by atoms with van der Waals surface area (Å²) in [6.45, 7) is 0. The maximum atomic E-state index is 15.6. The van der Waals surface area contributed by atoms with Crippen molar-refractivity contribution in [3.8, 4) is 22.8 Å². The van der Waals surface area contributed by atoms with Crippen molar-refractivity contribution < 1.29 is 31.5 Å². The fraction of sp³-hybridized carbons (Fsp3) is 0.219. The van der Waals surface area contributed by atoms with Crippen LogP contribution in [0, 0.1) is 29.1 Å². The molecule has 1 amide bonds. The molecule has 2 aliphatic rings. The Kier molecular flexibility index (Phi) is 7.99. The van der Waals surface area contributed by atoms with E-state index in [1.54, 1.807) is 9.58 Å². The van der Waals surface area contributed by atoms with E-state index >= 15 is 4.39 Å². The third-order valence-corrected chi connectivity index (χ3v) is 9.10. The lowest BCUT2D eigenvalue weighted by Crippen LogP contribution is -2.42. The maximum Gasteiger partial charge on any atom is 0.239 e. The molecule has 2 fully saturated rings. The third kappa shape index (κ3) is 5.64. The van der Waals surface area contributed by atoms with Crippen molar-refractivity contribution in [3.05, 3.63) is 90.0 Å². The van der Waals surface area contributed by atoms with Crippen LogP contribution in [0.1, 0.15) is 31.7 Å².